The molecule has 6 heteroatoms. The van der Waals surface area contributed by atoms with Gasteiger partial charge < -0.3 is 11.1 Å². The number of rotatable bonds is 5. The second kappa shape index (κ2) is 7.34. The Bertz CT molecular complexity index is 450. The summed E-state index contributed by atoms with van der Waals surface area (Å²) in [6.45, 7) is 0.529. The number of carbonyl (C=O) groups excluding carboxylic acids is 1. The molecule has 0 aliphatic heterocycles. The van der Waals surface area contributed by atoms with Gasteiger partial charge in [-0.25, -0.2) is 0 Å². The Labute approximate surface area is 129 Å². The van der Waals surface area contributed by atoms with E-state index in [1.807, 2.05) is 0 Å². The van der Waals surface area contributed by atoms with Gasteiger partial charge in [0.15, 0.2) is 0 Å². The van der Waals surface area contributed by atoms with Crippen LogP contribution in [0.3, 0.4) is 0 Å². The topological polar surface area (TPSA) is 55.1 Å². The van der Waals surface area contributed by atoms with Crippen LogP contribution in [0.1, 0.15) is 18.4 Å². The smallest absolute Gasteiger partial charge is 0.224 e. The van der Waals surface area contributed by atoms with Crippen molar-refractivity contribution in [3.8, 4) is 0 Å². The fourth-order valence-electron chi connectivity index (χ4n) is 1.84. The van der Waals surface area contributed by atoms with E-state index in [9.17, 15) is 4.79 Å². The second-order valence-corrected chi connectivity index (χ2v) is 5.56. The summed E-state index contributed by atoms with van der Waals surface area (Å²) in [6.07, 6.45) is 2.59. The summed E-state index contributed by atoms with van der Waals surface area (Å²) >= 11 is 11.9. The number of nitrogens with one attached hydrogen (secondary N) is 1. The number of nitrogens with two attached hydrogens (primary N) is 1. The van der Waals surface area contributed by atoms with E-state index in [2.05, 4.69) is 5.32 Å². The van der Waals surface area contributed by atoms with Gasteiger partial charge in [0.25, 0.3) is 0 Å². The Morgan fingerprint density at radius 2 is 2.11 bits per heavy atom. The highest BCUT2D eigenvalue weighted by atomic mass is 35.5. The number of hydrogen-bond acceptors (Lipinski definition) is 2. The first-order chi connectivity index (χ1) is 8.56. The average molecular weight is 324 g/mol. The molecule has 19 heavy (non-hydrogen) atoms. The molecule has 1 saturated carbocycles. The third kappa shape index (κ3) is 5.19. The Morgan fingerprint density at radius 1 is 1.42 bits per heavy atom. The van der Waals surface area contributed by atoms with Gasteiger partial charge in [-0.3, -0.25) is 4.79 Å². The van der Waals surface area contributed by atoms with Gasteiger partial charge in [0, 0.05) is 22.6 Å². The number of amides is 1. The lowest BCUT2D eigenvalue weighted by Gasteiger charge is -2.12. The van der Waals surface area contributed by atoms with Crippen LogP contribution in [0.5, 0.6) is 0 Å². The molecule has 3 N–H and O–H groups in total. The van der Waals surface area contributed by atoms with Crippen LogP contribution in [0.25, 0.3) is 0 Å². The van der Waals surface area contributed by atoms with Crippen LogP contribution in [0.4, 0.5) is 0 Å². The quantitative estimate of drug-likeness (QED) is 0.875. The first-order valence-electron chi connectivity index (χ1n) is 6.02. The predicted molar refractivity (Wildman–Crippen MR) is 81.1 cm³/mol. The molecule has 1 fully saturated rings. The highest BCUT2D eigenvalue weighted by molar-refractivity contribution is 6.33. The zero-order valence-corrected chi connectivity index (χ0v) is 12.7. The van der Waals surface area contributed by atoms with E-state index in [4.69, 9.17) is 28.9 Å². The summed E-state index contributed by atoms with van der Waals surface area (Å²) < 4.78 is 0. The summed E-state index contributed by atoms with van der Waals surface area (Å²) in [5, 5.41) is 3.97. The summed E-state index contributed by atoms with van der Waals surface area (Å²) in [5.74, 6) is 0.510. The molecule has 1 unspecified atom stereocenters. The monoisotopic (exact) mass is 322 g/mol. The van der Waals surface area contributed by atoms with E-state index < -0.39 is 0 Å². The first-order valence-corrected chi connectivity index (χ1v) is 6.78. The van der Waals surface area contributed by atoms with Crippen LogP contribution in [-0.2, 0) is 11.2 Å². The van der Waals surface area contributed by atoms with E-state index >= 15 is 0 Å². The maximum atomic E-state index is 11.8. The summed E-state index contributed by atoms with van der Waals surface area (Å²) in [4.78, 5) is 11.8. The molecule has 1 atom stereocenters. The molecular weight excluding hydrogens is 307 g/mol. The van der Waals surface area contributed by atoms with Crippen LogP contribution < -0.4 is 11.1 Å². The maximum Gasteiger partial charge on any atom is 0.224 e. The molecule has 106 valence electrons. The van der Waals surface area contributed by atoms with Gasteiger partial charge in [-0.1, -0.05) is 23.2 Å². The minimum atomic E-state index is -0.0738. The summed E-state index contributed by atoms with van der Waals surface area (Å²) in [7, 11) is 0. The van der Waals surface area contributed by atoms with E-state index in [1.54, 1.807) is 18.2 Å². The molecule has 1 aliphatic carbocycles. The van der Waals surface area contributed by atoms with Crippen molar-refractivity contribution in [1.82, 2.24) is 5.32 Å². The van der Waals surface area contributed by atoms with Crippen LogP contribution in [0.2, 0.25) is 10.0 Å². The van der Waals surface area contributed by atoms with Gasteiger partial charge in [0.2, 0.25) is 5.91 Å². The highest BCUT2D eigenvalue weighted by Gasteiger charge is 2.28. The lowest BCUT2D eigenvalue weighted by molar-refractivity contribution is -0.120. The van der Waals surface area contributed by atoms with Crippen molar-refractivity contribution in [2.75, 3.05) is 6.54 Å². The molecule has 1 aromatic rings. The van der Waals surface area contributed by atoms with Crippen molar-refractivity contribution < 1.29 is 4.79 Å². The summed E-state index contributed by atoms with van der Waals surface area (Å²) in [6, 6.07) is 5.19. The fraction of sp³-hybridized carbons (Fsp3) is 0.462. The van der Waals surface area contributed by atoms with Gasteiger partial charge in [-0.2, -0.15) is 0 Å². The standard InChI is InChI=1S/C13H16Cl2N2O.ClH/c14-10-3-4-11(15)9(5-10)6-13(18)17-7-12(16)8-1-2-8;/h3-5,8,12H,1-2,6-7,16H2,(H,17,18);1H. The predicted octanol–water partition coefficient (Wildman–Crippen LogP) is 2.81. The molecule has 0 saturated heterocycles. The van der Waals surface area contributed by atoms with Crippen LogP contribution in [-0.4, -0.2) is 18.5 Å². The van der Waals surface area contributed by atoms with Crippen molar-refractivity contribution in [3.05, 3.63) is 33.8 Å². The molecule has 0 bridgehead atoms. The van der Waals surface area contributed by atoms with Gasteiger partial charge in [-0.15, -0.1) is 12.4 Å². The normalized spacial score (nSPS) is 15.5. The zero-order valence-electron chi connectivity index (χ0n) is 10.4. The zero-order chi connectivity index (χ0) is 13.1. The van der Waals surface area contributed by atoms with E-state index in [0.717, 1.165) is 5.56 Å². The largest absolute Gasteiger partial charge is 0.354 e. The molecule has 2 rings (SSSR count). The summed E-state index contributed by atoms with van der Waals surface area (Å²) in [5.41, 5.74) is 6.65. The minimum Gasteiger partial charge on any atom is -0.354 e. The molecule has 0 heterocycles. The van der Waals surface area contributed by atoms with Crippen molar-refractivity contribution in [2.24, 2.45) is 11.7 Å². The van der Waals surface area contributed by atoms with Crippen molar-refractivity contribution in [1.29, 1.82) is 0 Å². The molecule has 3 nitrogen and oxygen atoms in total. The van der Waals surface area contributed by atoms with Gasteiger partial charge in [0.05, 0.1) is 6.42 Å². The molecule has 1 aliphatic rings. The third-order valence-electron chi connectivity index (χ3n) is 3.12. The number of hydrogen-bond donors (Lipinski definition) is 2. The van der Waals surface area contributed by atoms with Gasteiger partial charge >= 0.3 is 0 Å². The second-order valence-electron chi connectivity index (χ2n) is 4.72. The molecule has 0 aromatic heterocycles. The van der Waals surface area contributed by atoms with Crippen LogP contribution in [0.15, 0.2) is 18.2 Å². The van der Waals surface area contributed by atoms with Crippen molar-refractivity contribution in [2.45, 2.75) is 25.3 Å². The van der Waals surface area contributed by atoms with E-state index in [0.29, 0.717) is 22.5 Å². The molecule has 1 amide bonds. The van der Waals surface area contributed by atoms with E-state index in [1.165, 1.54) is 12.8 Å². The Morgan fingerprint density at radius 3 is 2.74 bits per heavy atom. The van der Waals surface area contributed by atoms with Gasteiger partial charge in [-0.05, 0) is 42.5 Å². The Hall–Kier alpha value is -0.480. The van der Waals surface area contributed by atoms with Crippen LogP contribution in [0, 0.1) is 5.92 Å². The highest BCUT2D eigenvalue weighted by Crippen LogP contribution is 2.31. The third-order valence-corrected chi connectivity index (χ3v) is 3.73. The molecule has 0 spiro atoms. The lowest BCUT2D eigenvalue weighted by Crippen LogP contribution is -2.39. The number of halogens is 3. The lowest BCUT2D eigenvalue weighted by atomic mass is 10.1. The SMILES string of the molecule is Cl.NC(CNC(=O)Cc1cc(Cl)ccc1Cl)C1CC1. The Balaban J connectivity index is 0.00000180. The van der Waals surface area contributed by atoms with Crippen molar-refractivity contribution >= 4 is 41.5 Å². The van der Waals surface area contributed by atoms with Gasteiger partial charge in [0.1, 0.15) is 0 Å². The van der Waals surface area contributed by atoms with E-state index in [-0.39, 0.29) is 30.8 Å². The molecule has 1 aromatic carbocycles. The molecule has 0 radical (unpaired) electrons. The molecular formula is C13H17Cl3N2O. The fourth-order valence-corrected chi connectivity index (χ4v) is 2.22. The average Bonchev–Trinajstić information content (AvgIpc) is 3.15. The number of benzene rings is 1. The first kappa shape index (κ1) is 16.6. The van der Waals surface area contributed by atoms with Crippen molar-refractivity contribution in [3.63, 3.8) is 0 Å². The van der Waals surface area contributed by atoms with Crippen LogP contribution >= 0.6 is 35.6 Å². The number of carbonyl (C=O) groups is 1. The maximum absolute atomic E-state index is 11.8. The minimum absolute atomic E-state index is 0. The Kier molecular flexibility index (Phi) is 6.40.